The van der Waals surface area contributed by atoms with Crippen LogP contribution in [0, 0.1) is 0 Å². The summed E-state index contributed by atoms with van der Waals surface area (Å²) in [5.41, 5.74) is 12.7. The predicted octanol–water partition coefficient (Wildman–Crippen LogP) is 21.3. The lowest BCUT2D eigenvalue weighted by Crippen LogP contribution is -1.95. The third-order valence-electron chi connectivity index (χ3n) is 13.4. The summed E-state index contributed by atoms with van der Waals surface area (Å²) < 4.78 is 28.4. The van der Waals surface area contributed by atoms with Crippen LogP contribution in [-0.4, -0.2) is 0 Å². The lowest BCUT2D eigenvalue weighted by atomic mass is 10.1. The third kappa shape index (κ3) is 31.4. The SMILES string of the molecule is CCc1ccc(COc2ccc(S)cc2)cc1.CCc1ccc(COc2ccc(S)cc2)cc1.CCc1ccc(COc2ccc(S)cc2)cc1.CCc1ccc(COc2ccc(S)cc2)cc1.CCc1ccc(COc2ccc(S)cc2)cc1.F.F.F.F.F. The number of hydrogen-bond acceptors (Lipinski definition) is 10. The normalized spacial score (nSPS) is 9.67. The van der Waals surface area contributed by atoms with Crippen molar-refractivity contribution < 1.29 is 47.2 Å². The second-order valence-electron chi connectivity index (χ2n) is 19.8. The van der Waals surface area contributed by atoms with Crippen LogP contribution in [0.3, 0.4) is 0 Å². The molecule has 0 bridgehead atoms. The van der Waals surface area contributed by atoms with Crippen molar-refractivity contribution in [1.29, 1.82) is 0 Å². The Morgan fingerprint density at radius 2 is 0.289 bits per heavy atom. The van der Waals surface area contributed by atoms with Crippen LogP contribution in [0.1, 0.15) is 90.3 Å². The Morgan fingerprint density at radius 1 is 0.178 bits per heavy atom. The molecule has 90 heavy (non-hydrogen) atoms. The molecule has 0 atom stereocenters. The Morgan fingerprint density at radius 3 is 0.400 bits per heavy atom. The smallest absolute Gasteiger partial charge is 0.119 e. The fourth-order valence-corrected chi connectivity index (χ4v) is 8.65. The Bertz CT molecular complexity index is 2860. The van der Waals surface area contributed by atoms with Crippen molar-refractivity contribution >= 4 is 63.1 Å². The number of halogens is 5. The molecule has 0 aromatic heterocycles. The Hall–Kier alpha value is -7.40. The van der Waals surface area contributed by atoms with Gasteiger partial charge in [0, 0.05) is 24.5 Å². The maximum absolute atomic E-state index is 5.69. The van der Waals surface area contributed by atoms with E-state index in [0.717, 1.165) is 85.3 Å². The first-order valence-electron chi connectivity index (χ1n) is 28.9. The summed E-state index contributed by atoms with van der Waals surface area (Å²) in [7, 11) is 0. The van der Waals surface area contributed by atoms with Gasteiger partial charge in [-0.25, -0.2) is 0 Å². The van der Waals surface area contributed by atoms with Crippen molar-refractivity contribution in [2.45, 2.75) is 124 Å². The van der Waals surface area contributed by atoms with Crippen molar-refractivity contribution in [3.63, 3.8) is 0 Å². The van der Waals surface area contributed by atoms with Gasteiger partial charge in [-0.05, 0) is 209 Å². The van der Waals surface area contributed by atoms with Crippen molar-refractivity contribution in [2.24, 2.45) is 0 Å². The van der Waals surface area contributed by atoms with Crippen LogP contribution in [0.2, 0.25) is 0 Å². The molecule has 0 spiro atoms. The van der Waals surface area contributed by atoms with E-state index in [0.29, 0.717) is 33.0 Å². The average molecular weight is 1320 g/mol. The Balaban J connectivity index is 0.000000555. The molecule has 0 saturated heterocycles. The van der Waals surface area contributed by atoms with Crippen LogP contribution in [0.25, 0.3) is 0 Å². The molecule has 0 aliphatic rings. The predicted molar refractivity (Wildman–Crippen MR) is 382 cm³/mol. The highest BCUT2D eigenvalue weighted by molar-refractivity contribution is 7.81. The molecule has 0 amide bonds. The van der Waals surface area contributed by atoms with Gasteiger partial charge in [-0.2, -0.15) is 0 Å². The lowest BCUT2D eigenvalue weighted by Gasteiger charge is -2.07. The highest BCUT2D eigenvalue weighted by Crippen LogP contribution is 2.22. The van der Waals surface area contributed by atoms with Crippen molar-refractivity contribution in [3.8, 4) is 28.7 Å². The van der Waals surface area contributed by atoms with Crippen LogP contribution in [-0.2, 0) is 65.1 Å². The number of aryl methyl sites for hydroxylation is 5. The highest BCUT2D eigenvalue weighted by atomic mass is 32.1. The van der Waals surface area contributed by atoms with E-state index in [1.807, 2.05) is 121 Å². The molecular formula is C75H85F5O5S5. The van der Waals surface area contributed by atoms with E-state index in [9.17, 15) is 0 Å². The van der Waals surface area contributed by atoms with Crippen LogP contribution >= 0.6 is 63.1 Å². The maximum Gasteiger partial charge on any atom is 0.119 e. The highest BCUT2D eigenvalue weighted by Gasteiger charge is 2.02. The quantitative estimate of drug-likeness (QED) is 0.0389. The molecule has 10 aromatic rings. The minimum absolute atomic E-state index is 0. The van der Waals surface area contributed by atoms with E-state index < -0.39 is 0 Å². The zero-order valence-corrected chi connectivity index (χ0v) is 56.0. The first-order valence-corrected chi connectivity index (χ1v) is 31.1. The van der Waals surface area contributed by atoms with Crippen LogP contribution < -0.4 is 23.7 Å². The monoisotopic (exact) mass is 1320 g/mol. The van der Waals surface area contributed by atoms with E-state index in [-0.39, 0.29) is 23.5 Å². The van der Waals surface area contributed by atoms with Gasteiger partial charge in [0.25, 0.3) is 0 Å². The number of ether oxygens (including phenoxy) is 5. The molecule has 0 unspecified atom stereocenters. The largest absolute Gasteiger partial charge is 0.489 e. The molecular weight excluding hydrogens is 1240 g/mol. The zero-order valence-electron chi connectivity index (χ0n) is 51.5. The molecule has 10 rings (SSSR count). The van der Waals surface area contributed by atoms with Gasteiger partial charge in [0.15, 0.2) is 0 Å². The van der Waals surface area contributed by atoms with Gasteiger partial charge < -0.3 is 23.7 Å². The van der Waals surface area contributed by atoms with Crippen molar-refractivity contribution in [1.82, 2.24) is 0 Å². The van der Waals surface area contributed by atoms with Gasteiger partial charge in [-0.1, -0.05) is 156 Å². The standard InChI is InChI=1S/5C15H16OS.5FH/c5*1-2-12-3-5-13(6-4-12)11-16-14-7-9-15(17)10-8-14;;;;;/h5*3-10,17H,2,11H2,1H3;5*1H. The molecule has 0 heterocycles. The topological polar surface area (TPSA) is 46.2 Å². The molecule has 0 saturated carbocycles. The second-order valence-corrected chi connectivity index (χ2v) is 22.3. The summed E-state index contributed by atoms with van der Waals surface area (Å²) >= 11 is 21.2. The number of hydrogen-bond donors (Lipinski definition) is 5. The first-order chi connectivity index (χ1) is 41.4. The third-order valence-corrected chi connectivity index (χ3v) is 14.9. The van der Waals surface area contributed by atoms with E-state index in [1.165, 1.54) is 55.6 Å². The average Bonchev–Trinajstić information content (AvgIpc) is 3.65. The fraction of sp³-hybridized carbons (Fsp3) is 0.200. The summed E-state index contributed by atoms with van der Waals surface area (Å²) in [6.45, 7) is 13.8. The van der Waals surface area contributed by atoms with Gasteiger partial charge in [0.2, 0.25) is 0 Å². The minimum Gasteiger partial charge on any atom is -0.489 e. The molecule has 0 N–H and O–H groups in total. The van der Waals surface area contributed by atoms with Crippen molar-refractivity contribution in [3.05, 3.63) is 298 Å². The lowest BCUT2D eigenvalue weighted by molar-refractivity contribution is 0.306. The van der Waals surface area contributed by atoms with Gasteiger partial charge in [-0.15, -0.1) is 63.1 Å². The summed E-state index contributed by atoms with van der Waals surface area (Å²) in [5.74, 6) is 4.39. The van der Waals surface area contributed by atoms with Gasteiger partial charge in [0.05, 0.1) is 0 Å². The minimum atomic E-state index is 0. The van der Waals surface area contributed by atoms with E-state index >= 15 is 0 Å². The Kier molecular flexibility index (Phi) is 41.0. The van der Waals surface area contributed by atoms with Gasteiger partial charge in [0.1, 0.15) is 61.8 Å². The second kappa shape index (κ2) is 45.8. The summed E-state index contributed by atoms with van der Waals surface area (Å²) in [5, 5.41) is 0. The molecule has 0 fully saturated rings. The van der Waals surface area contributed by atoms with Crippen LogP contribution in [0.4, 0.5) is 23.5 Å². The maximum atomic E-state index is 5.69. The molecule has 5 nitrogen and oxygen atoms in total. The van der Waals surface area contributed by atoms with Crippen LogP contribution in [0.5, 0.6) is 28.7 Å². The molecule has 10 aromatic carbocycles. The van der Waals surface area contributed by atoms with E-state index in [4.69, 9.17) is 23.7 Å². The molecule has 0 aliphatic carbocycles. The van der Waals surface area contributed by atoms with Crippen molar-refractivity contribution in [2.75, 3.05) is 0 Å². The first kappa shape index (κ1) is 80.6. The van der Waals surface area contributed by atoms with Gasteiger partial charge >= 0.3 is 0 Å². The van der Waals surface area contributed by atoms with Gasteiger partial charge in [-0.3, -0.25) is 23.5 Å². The number of benzene rings is 10. The molecule has 0 radical (unpaired) electrons. The molecule has 0 aliphatic heterocycles. The van der Waals surface area contributed by atoms with E-state index in [1.54, 1.807) is 0 Å². The number of rotatable bonds is 20. The summed E-state index contributed by atoms with van der Waals surface area (Å²) in [6, 6.07) is 81.3. The Labute approximate surface area is 557 Å². The van der Waals surface area contributed by atoms with Crippen LogP contribution in [0.15, 0.2) is 267 Å². The summed E-state index contributed by atoms with van der Waals surface area (Å²) in [4.78, 5) is 4.74. The molecule has 480 valence electrons. The molecule has 15 heteroatoms. The number of thiol groups is 5. The van der Waals surface area contributed by atoms with E-state index in [2.05, 4.69) is 219 Å². The zero-order chi connectivity index (χ0) is 60.4. The summed E-state index contributed by atoms with van der Waals surface area (Å²) in [6.07, 6.45) is 5.37. The fourth-order valence-electron chi connectivity index (χ4n) is 7.90.